The lowest BCUT2D eigenvalue weighted by molar-refractivity contribution is -0.384. The second-order valence-electron chi connectivity index (χ2n) is 5.45. The number of sulfonamides is 1. The Labute approximate surface area is 139 Å². The second kappa shape index (κ2) is 6.15. The van der Waals surface area contributed by atoms with Crippen molar-refractivity contribution in [2.75, 3.05) is 18.0 Å². The van der Waals surface area contributed by atoms with Crippen LogP contribution in [-0.4, -0.2) is 43.7 Å². The van der Waals surface area contributed by atoms with Crippen molar-refractivity contribution >= 4 is 27.4 Å². The van der Waals surface area contributed by atoms with Gasteiger partial charge in [0.1, 0.15) is 5.69 Å². The van der Waals surface area contributed by atoms with Crippen molar-refractivity contribution in [2.45, 2.75) is 11.1 Å². The van der Waals surface area contributed by atoms with Gasteiger partial charge < -0.3 is 10.0 Å². The van der Waals surface area contributed by atoms with Gasteiger partial charge in [0.2, 0.25) is 10.0 Å². The van der Waals surface area contributed by atoms with Crippen molar-refractivity contribution in [2.24, 2.45) is 17.0 Å². The summed E-state index contributed by atoms with van der Waals surface area (Å²) in [5, 5.41) is 25.0. The van der Waals surface area contributed by atoms with Crippen LogP contribution >= 0.6 is 0 Å². The number of carbonyl (C=O) groups is 1. The van der Waals surface area contributed by atoms with Crippen molar-refractivity contribution in [1.29, 1.82) is 0 Å². The number of nitro benzene ring substituents is 1. The van der Waals surface area contributed by atoms with Crippen LogP contribution in [0.15, 0.2) is 23.1 Å². The summed E-state index contributed by atoms with van der Waals surface area (Å²) in [5.74, 6) is -5.67. The van der Waals surface area contributed by atoms with Crippen LogP contribution in [0.5, 0.6) is 0 Å². The van der Waals surface area contributed by atoms with Gasteiger partial charge in [-0.1, -0.05) is 0 Å². The number of anilines is 1. The van der Waals surface area contributed by atoms with Crippen LogP contribution in [0.4, 0.5) is 24.5 Å². The predicted molar refractivity (Wildman–Crippen MR) is 77.4 cm³/mol. The molecule has 138 valence electrons. The highest BCUT2D eigenvalue weighted by Crippen LogP contribution is 2.41. The van der Waals surface area contributed by atoms with E-state index < -0.39 is 62.6 Å². The lowest BCUT2D eigenvalue weighted by Crippen LogP contribution is -2.33. The van der Waals surface area contributed by atoms with Crippen molar-refractivity contribution in [3.05, 3.63) is 28.3 Å². The summed E-state index contributed by atoms with van der Waals surface area (Å²) in [6.07, 6.45) is -4.80. The molecule has 1 saturated heterocycles. The zero-order chi connectivity index (χ0) is 19.2. The molecule has 0 aromatic heterocycles. The number of hydrogen-bond donors (Lipinski definition) is 2. The number of nitro groups is 1. The number of carboxylic acid groups (broad SMARTS) is 1. The Kier molecular flexibility index (Phi) is 4.65. The monoisotopic (exact) mass is 383 g/mol. The van der Waals surface area contributed by atoms with E-state index in [4.69, 9.17) is 10.2 Å². The lowest BCUT2D eigenvalue weighted by Gasteiger charge is -2.19. The SMILES string of the molecule is NS(=O)(=O)c1ccc(N2C[C@@H](C(F)(F)F)[C@H](C(=O)O)C2)c([N+](=O)[O-])c1. The first kappa shape index (κ1) is 18.9. The molecule has 1 aliphatic rings. The van der Waals surface area contributed by atoms with Crippen molar-refractivity contribution in [3.63, 3.8) is 0 Å². The molecular weight excluding hydrogens is 371 g/mol. The Hall–Kier alpha value is -2.41. The van der Waals surface area contributed by atoms with Crippen molar-refractivity contribution < 1.29 is 36.4 Å². The fourth-order valence-corrected chi connectivity index (χ4v) is 3.21. The number of alkyl halides is 3. The van der Waals surface area contributed by atoms with Gasteiger partial charge in [-0.2, -0.15) is 13.2 Å². The minimum absolute atomic E-state index is 0.310. The van der Waals surface area contributed by atoms with Crippen LogP contribution in [-0.2, 0) is 14.8 Å². The van der Waals surface area contributed by atoms with Crippen LogP contribution in [0.2, 0.25) is 0 Å². The average molecular weight is 383 g/mol. The Balaban J connectivity index is 2.48. The molecule has 1 heterocycles. The van der Waals surface area contributed by atoms with E-state index >= 15 is 0 Å². The molecule has 9 nitrogen and oxygen atoms in total. The Morgan fingerprint density at radius 2 is 1.96 bits per heavy atom. The van der Waals surface area contributed by atoms with E-state index in [0.29, 0.717) is 6.07 Å². The van der Waals surface area contributed by atoms with Crippen LogP contribution in [0, 0.1) is 22.0 Å². The van der Waals surface area contributed by atoms with Crippen LogP contribution in [0.25, 0.3) is 0 Å². The Morgan fingerprint density at radius 1 is 1.36 bits per heavy atom. The van der Waals surface area contributed by atoms with Gasteiger partial charge in [0, 0.05) is 19.2 Å². The van der Waals surface area contributed by atoms with Crippen LogP contribution in [0.1, 0.15) is 0 Å². The van der Waals surface area contributed by atoms with E-state index in [1.54, 1.807) is 0 Å². The number of benzene rings is 1. The molecular formula is C12H12F3N3O6S. The van der Waals surface area contributed by atoms with Gasteiger partial charge in [-0.15, -0.1) is 0 Å². The zero-order valence-corrected chi connectivity index (χ0v) is 13.1. The standard InChI is InChI=1S/C12H12F3N3O6S/c13-12(14,15)8-5-17(4-7(8)11(19)20)9-2-1-6(25(16,23)24)3-10(9)18(21)22/h1-3,7-8H,4-5H2,(H,19,20)(H2,16,23,24)/t7-,8-/m1/s1. The lowest BCUT2D eigenvalue weighted by atomic mass is 9.96. The molecule has 3 N–H and O–H groups in total. The number of halogens is 3. The van der Waals surface area contributed by atoms with Gasteiger partial charge in [0.15, 0.2) is 0 Å². The number of rotatable bonds is 4. The predicted octanol–water partition coefficient (Wildman–Crippen LogP) is 0.942. The molecule has 0 saturated carbocycles. The molecule has 0 bridgehead atoms. The summed E-state index contributed by atoms with van der Waals surface area (Å²) >= 11 is 0. The first-order valence-electron chi connectivity index (χ1n) is 6.68. The summed E-state index contributed by atoms with van der Waals surface area (Å²) in [6, 6.07) is 2.48. The fourth-order valence-electron chi connectivity index (χ4n) is 2.68. The van der Waals surface area contributed by atoms with Gasteiger partial charge in [-0.05, 0) is 12.1 Å². The summed E-state index contributed by atoms with van der Waals surface area (Å²) in [6.45, 7) is -1.40. The van der Waals surface area contributed by atoms with Crippen molar-refractivity contribution in [3.8, 4) is 0 Å². The number of nitrogens with zero attached hydrogens (tertiary/aromatic N) is 2. The summed E-state index contributed by atoms with van der Waals surface area (Å²) < 4.78 is 61.6. The molecule has 2 atom stereocenters. The Morgan fingerprint density at radius 3 is 2.36 bits per heavy atom. The first-order valence-corrected chi connectivity index (χ1v) is 8.22. The molecule has 1 aromatic carbocycles. The van der Waals surface area contributed by atoms with Gasteiger partial charge in [0.05, 0.1) is 21.7 Å². The van der Waals surface area contributed by atoms with Gasteiger partial charge in [-0.3, -0.25) is 14.9 Å². The van der Waals surface area contributed by atoms with Crippen molar-refractivity contribution in [1.82, 2.24) is 0 Å². The molecule has 0 amide bonds. The summed E-state index contributed by atoms with van der Waals surface area (Å²) in [7, 11) is -4.25. The normalized spacial score (nSPS) is 21.4. The van der Waals surface area contributed by atoms with Crippen LogP contribution < -0.4 is 10.0 Å². The van der Waals surface area contributed by atoms with E-state index in [2.05, 4.69) is 0 Å². The highest BCUT2D eigenvalue weighted by Gasteiger charge is 2.53. The quantitative estimate of drug-likeness (QED) is 0.581. The fraction of sp³-hybridized carbons (Fsp3) is 0.417. The number of hydrogen-bond acceptors (Lipinski definition) is 6. The highest BCUT2D eigenvalue weighted by molar-refractivity contribution is 7.89. The number of aliphatic carboxylic acids is 1. The van der Waals surface area contributed by atoms with E-state index in [0.717, 1.165) is 17.0 Å². The van der Waals surface area contributed by atoms with Gasteiger partial charge in [-0.25, -0.2) is 13.6 Å². The molecule has 1 aromatic rings. The minimum Gasteiger partial charge on any atom is -0.481 e. The molecule has 1 fully saturated rings. The third-order valence-corrected chi connectivity index (χ3v) is 4.78. The third-order valence-electron chi connectivity index (χ3n) is 3.87. The van der Waals surface area contributed by atoms with E-state index in [-0.39, 0.29) is 5.69 Å². The van der Waals surface area contributed by atoms with Crippen LogP contribution in [0.3, 0.4) is 0 Å². The number of primary sulfonamides is 1. The smallest absolute Gasteiger partial charge is 0.394 e. The van der Waals surface area contributed by atoms with E-state index in [9.17, 15) is 36.5 Å². The second-order valence-corrected chi connectivity index (χ2v) is 7.01. The zero-order valence-electron chi connectivity index (χ0n) is 12.3. The average Bonchev–Trinajstić information content (AvgIpc) is 2.90. The summed E-state index contributed by atoms with van der Waals surface area (Å²) in [4.78, 5) is 21.6. The number of nitrogens with two attached hydrogens (primary N) is 1. The molecule has 25 heavy (non-hydrogen) atoms. The third kappa shape index (κ3) is 3.82. The minimum atomic E-state index is -4.80. The molecule has 13 heteroatoms. The molecule has 1 aliphatic heterocycles. The topological polar surface area (TPSA) is 144 Å². The Bertz CT molecular complexity index is 826. The maximum Gasteiger partial charge on any atom is 0.394 e. The number of carboxylic acids is 1. The molecule has 0 unspecified atom stereocenters. The maximum atomic E-state index is 13.0. The van der Waals surface area contributed by atoms with Gasteiger partial charge >= 0.3 is 12.1 Å². The van der Waals surface area contributed by atoms with E-state index in [1.807, 2.05) is 0 Å². The summed E-state index contributed by atoms with van der Waals surface area (Å²) in [5.41, 5.74) is -1.09. The highest BCUT2D eigenvalue weighted by atomic mass is 32.2. The molecule has 2 rings (SSSR count). The van der Waals surface area contributed by atoms with Gasteiger partial charge in [0.25, 0.3) is 5.69 Å². The van der Waals surface area contributed by atoms with E-state index in [1.165, 1.54) is 0 Å². The molecule has 0 radical (unpaired) electrons. The first-order chi connectivity index (χ1) is 11.3. The molecule has 0 aliphatic carbocycles. The maximum absolute atomic E-state index is 13.0. The largest absolute Gasteiger partial charge is 0.481 e. The molecule has 0 spiro atoms.